The summed E-state index contributed by atoms with van der Waals surface area (Å²) in [7, 11) is 2.13. The molecule has 6 heteroatoms. The largest absolute Gasteiger partial charge is 0.379 e. The zero-order chi connectivity index (χ0) is 17.7. The lowest BCUT2D eigenvalue weighted by Crippen LogP contribution is -2.37. The van der Waals surface area contributed by atoms with E-state index in [1.807, 2.05) is 6.07 Å². The summed E-state index contributed by atoms with van der Waals surface area (Å²) in [4.78, 5) is 9.11. The zero-order valence-corrected chi connectivity index (χ0v) is 15.5. The van der Waals surface area contributed by atoms with Gasteiger partial charge in [-0.1, -0.05) is 18.2 Å². The number of hydrogen-bond donors (Lipinski definition) is 2. The molecule has 1 aliphatic heterocycles. The molecule has 3 N–H and O–H groups in total. The van der Waals surface area contributed by atoms with E-state index < -0.39 is 0 Å². The lowest BCUT2D eigenvalue weighted by molar-refractivity contribution is 0.0377. The third kappa shape index (κ3) is 8.23. The molecule has 0 aromatic heterocycles. The van der Waals surface area contributed by atoms with Crippen LogP contribution in [0.15, 0.2) is 35.3 Å². The lowest BCUT2D eigenvalue weighted by atomic mass is 10.2. The summed E-state index contributed by atoms with van der Waals surface area (Å²) in [5.74, 6) is 0.568. The fourth-order valence-electron chi connectivity index (χ4n) is 2.88. The van der Waals surface area contributed by atoms with Gasteiger partial charge in [0.05, 0.1) is 13.2 Å². The van der Waals surface area contributed by atoms with Crippen LogP contribution in [0.25, 0.3) is 0 Å². The summed E-state index contributed by atoms with van der Waals surface area (Å²) < 4.78 is 5.35. The minimum absolute atomic E-state index is 0.568. The molecular formula is C19H33N5O. The van der Waals surface area contributed by atoms with Gasteiger partial charge in [0.2, 0.25) is 0 Å². The topological polar surface area (TPSA) is 66.1 Å². The van der Waals surface area contributed by atoms with Crippen LogP contribution in [0.5, 0.6) is 0 Å². The van der Waals surface area contributed by atoms with Gasteiger partial charge in [0.1, 0.15) is 0 Å². The Morgan fingerprint density at radius 3 is 2.72 bits per heavy atom. The van der Waals surface area contributed by atoms with Crippen molar-refractivity contribution in [3.63, 3.8) is 0 Å². The molecule has 1 saturated heterocycles. The number of morpholine rings is 1. The molecule has 0 unspecified atom stereocenters. The standard InChI is InChI=1S/C19H33N5O/c1-23(18-8-3-2-4-9-18)12-6-5-10-21-19(20)22-11-7-13-24-14-16-25-17-15-24/h2-4,8-9H,5-7,10-17H2,1H3,(H3,20,21,22). The molecule has 0 bridgehead atoms. The number of guanidine groups is 1. The maximum atomic E-state index is 5.92. The highest BCUT2D eigenvalue weighted by Crippen LogP contribution is 2.11. The smallest absolute Gasteiger partial charge is 0.188 e. The third-order valence-electron chi connectivity index (χ3n) is 4.44. The van der Waals surface area contributed by atoms with Gasteiger partial charge in [-0.25, -0.2) is 0 Å². The molecule has 1 heterocycles. The highest BCUT2D eigenvalue weighted by Gasteiger charge is 2.08. The van der Waals surface area contributed by atoms with Gasteiger partial charge in [-0.2, -0.15) is 0 Å². The molecule has 1 aliphatic rings. The minimum Gasteiger partial charge on any atom is -0.379 e. The number of anilines is 1. The van der Waals surface area contributed by atoms with E-state index in [0.29, 0.717) is 5.96 Å². The number of ether oxygens (including phenoxy) is 1. The van der Waals surface area contributed by atoms with E-state index in [1.165, 1.54) is 5.69 Å². The summed E-state index contributed by atoms with van der Waals surface area (Å²) in [6.07, 6.45) is 3.26. The Bertz CT molecular complexity index is 488. The van der Waals surface area contributed by atoms with E-state index in [9.17, 15) is 0 Å². The van der Waals surface area contributed by atoms with Gasteiger partial charge in [0.15, 0.2) is 5.96 Å². The first kappa shape index (κ1) is 19.5. The lowest BCUT2D eigenvalue weighted by Gasteiger charge is -2.26. The Hall–Kier alpha value is -1.79. The van der Waals surface area contributed by atoms with Crippen molar-refractivity contribution in [1.82, 2.24) is 10.2 Å². The van der Waals surface area contributed by atoms with Gasteiger partial charge < -0.3 is 20.7 Å². The van der Waals surface area contributed by atoms with E-state index in [1.54, 1.807) is 0 Å². The molecule has 6 nitrogen and oxygen atoms in total. The van der Waals surface area contributed by atoms with Crippen LogP contribution in [0.4, 0.5) is 5.69 Å². The van der Waals surface area contributed by atoms with Crippen LogP contribution in [0, 0.1) is 0 Å². The number of aliphatic imine (C=N–C) groups is 1. The van der Waals surface area contributed by atoms with Crippen LogP contribution in [0.1, 0.15) is 19.3 Å². The monoisotopic (exact) mass is 347 g/mol. The fourth-order valence-corrected chi connectivity index (χ4v) is 2.88. The van der Waals surface area contributed by atoms with Crippen molar-refractivity contribution >= 4 is 11.6 Å². The summed E-state index contributed by atoms with van der Waals surface area (Å²) in [5, 5.41) is 3.21. The number of nitrogens with one attached hydrogen (secondary N) is 1. The zero-order valence-electron chi connectivity index (χ0n) is 15.5. The number of rotatable bonds is 10. The van der Waals surface area contributed by atoms with Crippen molar-refractivity contribution in [2.24, 2.45) is 10.7 Å². The summed E-state index contributed by atoms with van der Waals surface area (Å²) in [6, 6.07) is 10.5. The van der Waals surface area contributed by atoms with Crippen LogP contribution >= 0.6 is 0 Å². The predicted octanol–water partition coefficient (Wildman–Crippen LogP) is 1.53. The molecule has 25 heavy (non-hydrogen) atoms. The number of para-hydroxylation sites is 1. The molecule has 0 atom stereocenters. The first-order valence-corrected chi connectivity index (χ1v) is 9.36. The minimum atomic E-state index is 0.568. The SMILES string of the molecule is CN(CCCCNC(N)=NCCCN1CCOCC1)c1ccccc1. The average molecular weight is 348 g/mol. The molecule has 0 amide bonds. The Morgan fingerprint density at radius 2 is 1.96 bits per heavy atom. The maximum absolute atomic E-state index is 5.92. The van der Waals surface area contributed by atoms with E-state index in [-0.39, 0.29) is 0 Å². The first-order chi connectivity index (χ1) is 12.3. The van der Waals surface area contributed by atoms with Crippen molar-refractivity contribution in [3.05, 3.63) is 30.3 Å². The molecule has 1 aromatic rings. The number of nitrogens with zero attached hydrogens (tertiary/aromatic N) is 3. The Balaban J connectivity index is 1.48. The number of nitrogens with two attached hydrogens (primary N) is 1. The summed E-state index contributed by atoms with van der Waals surface area (Å²) in [6.45, 7) is 7.56. The summed E-state index contributed by atoms with van der Waals surface area (Å²) in [5.41, 5.74) is 7.18. The van der Waals surface area contributed by atoms with Crippen LogP contribution in [-0.4, -0.2) is 70.4 Å². The van der Waals surface area contributed by atoms with Gasteiger partial charge >= 0.3 is 0 Å². The third-order valence-corrected chi connectivity index (χ3v) is 4.44. The van der Waals surface area contributed by atoms with Gasteiger partial charge in [-0.3, -0.25) is 9.89 Å². The quantitative estimate of drug-likeness (QED) is 0.382. The Labute approximate surface area is 152 Å². The van der Waals surface area contributed by atoms with E-state index in [4.69, 9.17) is 10.5 Å². The number of benzene rings is 1. The van der Waals surface area contributed by atoms with Crippen LogP contribution < -0.4 is 16.0 Å². The van der Waals surface area contributed by atoms with Crippen molar-refractivity contribution in [2.45, 2.75) is 19.3 Å². The van der Waals surface area contributed by atoms with Crippen molar-refractivity contribution in [2.75, 3.05) is 64.4 Å². The van der Waals surface area contributed by atoms with Crippen molar-refractivity contribution < 1.29 is 4.74 Å². The second-order valence-electron chi connectivity index (χ2n) is 6.47. The van der Waals surface area contributed by atoms with E-state index in [2.05, 4.69) is 51.4 Å². The van der Waals surface area contributed by atoms with Gasteiger partial charge in [0.25, 0.3) is 0 Å². The number of unbranched alkanes of at least 4 members (excludes halogenated alkanes) is 1. The van der Waals surface area contributed by atoms with E-state index >= 15 is 0 Å². The average Bonchev–Trinajstić information content (AvgIpc) is 2.66. The normalized spacial score (nSPS) is 16.0. The fraction of sp³-hybridized carbons (Fsp3) is 0.632. The first-order valence-electron chi connectivity index (χ1n) is 9.36. The Morgan fingerprint density at radius 1 is 1.20 bits per heavy atom. The van der Waals surface area contributed by atoms with Crippen molar-refractivity contribution in [1.29, 1.82) is 0 Å². The van der Waals surface area contributed by atoms with Crippen molar-refractivity contribution in [3.8, 4) is 0 Å². The molecule has 0 spiro atoms. The molecule has 1 fully saturated rings. The Kier molecular flexibility index (Phi) is 9.15. The maximum Gasteiger partial charge on any atom is 0.188 e. The van der Waals surface area contributed by atoms with Gasteiger partial charge in [0, 0.05) is 52.0 Å². The highest BCUT2D eigenvalue weighted by molar-refractivity contribution is 5.77. The number of hydrogen-bond acceptors (Lipinski definition) is 4. The second kappa shape index (κ2) is 11.7. The molecule has 0 radical (unpaired) electrons. The highest BCUT2D eigenvalue weighted by atomic mass is 16.5. The van der Waals surface area contributed by atoms with Gasteiger partial charge in [-0.15, -0.1) is 0 Å². The van der Waals surface area contributed by atoms with Crippen LogP contribution in [-0.2, 0) is 4.74 Å². The second-order valence-corrected chi connectivity index (χ2v) is 6.47. The molecular weight excluding hydrogens is 314 g/mol. The molecule has 1 aromatic carbocycles. The molecule has 2 rings (SSSR count). The molecule has 140 valence electrons. The summed E-state index contributed by atoms with van der Waals surface area (Å²) >= 11 is 0. The van der Waals surface area contributed by atoms with Gasteiger partial charge in [-0.05, 0) is 31.4 Å². The van der Waals surface area contributed by atoms with Crippen LogP contribution in [0.3, 0.4) is 0 Å². The molecule has 0 saturated carbocycles. The van der Waals surface area contributed by atoms with E-state index in [0.717, 1.165) is 71.7 Å². The van der Waals surface area contributed by atoms with Crippen LogP contribution in [0.2, 0.25) is 0 Å². The predicted molar refractivity (Wildman–Crippen MR) is 105 cm³/mol. The molecule has 0 aliphatic carbocycles.